The first-order chi connectivity index (χ1) is 9.40. The molecule has 2 aromatic rings. The van der Waals surface area contributed by atoms with Crippen molar-refractivity contribution in [3.8, 4) is 0 Å². The van der Waals surface area contributed by atoms with E-state index >= 15 is 0 Å². The molecule has 0 aliphatic heterocycles. The molecule has 7 heteroatoms. The fourth-order valence-corrected chi connectivity index (χ4v) is 2.08. The van der Waals surface area contributed by atoms with Gasteiger partial charge in [0.2, 0.25) is 0 Å². The van der Waals surface area contributed by atoms with Gasteiger partial charge in [-0.2, -0.15) is 0 Å². The monoisotopic (exact) mass is 296 g/mol. The lowest BCUT2D eigenvalue weighted by Gasteiger charge is -2.16. The van der Waals surface area contributed by atoms with E-state index in [1.807, 2.05) is 0 Å². The number of carbonyl (C=O) groups is 2. The van der Waals surface area contributed by atoms with Crippen molar-refractivity contribution in [3.63, 3.8) is 0 Å². The van der Waals surface area contributed by atoms with E-state index in [0.29, 0.717) is 10.5 Å². The maximum absolute atomic E-state index is 12.0. The number of fused-ring (bicyclic) bond motifs is 1. The van der Waals surface area contributed by atoms with Gasteiger partial charge in [0.15, 0.2) is 6.04 Å². The molecular formula is C13H13ClN2O4. The number of aromatic nitrogens is 1. The number of amides is 1. The molecular weight excluding hydrogens is 284 g/mol. The average molecular weight is 297 g/mol. The topological polar surface area (TPSA) is 102 Å². The molecule has 1 heterocycles. The number of benzene rings is 1. The third-order valence-corrected chi connectivity index (χ3v) is 3.20. The summed E-state index contributed by atoms with van der Waals surface area (Å²) in [6.07, 6.45) is -1.20. The highest BCUT2D eigenvalue weighted by Crippen LogP contribution is 2.23. The minimum atomic E-state index is -1.37. The fourth-order valence-electron chi connectivity index (χ4n) is 1.85. The normalized spacial score (nSPS) is 13.9. The van der Waals surface area contributed by atoms with E-state index in [2.05, 4.69) is 10.3 Å². The highest BCUT2D eigenvalue weighted by atomic mass is 35.5. The van der Waals surface area contributed by atoms with Crippen LogP contribution in [0.3, 0.4) is 0 Å². The first kappa shape index (κ1) is 14.4. The molecule has 1 aromatic heterocycles. The van der Waals surface area contributed by atoms with Gasteiger partial charge in [-0.05, 0) is 19.1 Å². The molecule has 0 saturated carbocycles. The van der Waals surface area contributed by atoms with E-state index in [0.717, 1.165) is 5.39 Å². The summed E-state index contributed by atoms with van der Waals surface area (Å²) in [5.74, 6) is -1.92. The third kappa shape index (κ3) is 2.76. The summed E-state index contributed by atoms with van der Waals surface area (Å²) in [7, 11) is 0. The van der Waals surface area contributed by atoms with E-state index < -0.39 is 24.0 Å². The van der Waals surface area contributed by atoms with E-state index in [-0.39, 0.29) is 5.69 Å². The summed E-state index contributed by atoms with van der Waals surface area (Å²) in [6.45, 7) is 1.29. The van der Waals surface area contributed by atoms with Crippen LogP contribution >= 0.6 is 11.6 Å². The molecule has 2 unspecified atom stereocenters. The van der Waals surface area contributed by atoms with E-state index in [1.165, 1.54) is 6.92 Å². The summed E-state index contributed by atoms with van der Waals surface area (Å²) in [5.41, 5.74) is 0.781. The Bertz CT molecular complexity index is 665. The van der Waals surface area contributed by atoms with Crippen LogP contribution in [0.1, 0.15) is 17.4 Å². The summed E-state index contributed by atoms with van der Waals surface area (Å²) in [6, 6.07) is 5.40. The number of carboxylic acid groups (broad SMARTS) is 1. The molecule has 0 fully saturated rings. The molecule has 0 radical (unpaired) electrons. The predicted octanol–water partition coefficient (Wildman–Crippen LogP) is 1.39. The van der Waals surface area contributed by atoms with Crippen LogP contribution in [0.5, 0.6) is 0 Å². The average Bonchev–Trinajstić information content (AvgIpc) is 2.80. The van der Waals surface area contributed by atoms with Crippen LogP contribution in [0.25, 0.3) is 10.9 Å². The Labute approximate surface area is 119 Å². The molecule has 0 aliphatic rings. The maximum atomic E-state index is 12.0. The van der Waals surface area contributed by atoms with Crippen molar-refractivity contribution in [2.24, 2.45) is 0 Å². The van der Waals surface area contributed by atoms with Crippen LogP contribution in [0.15, 0.2) is 24.3 Å². The fraction of sp³-hybridized carbons (Fsp3) is 0.231. The molecule has 20 heavy (non-hydrogen) atoms. The molecule has 1 aromatic carbocycles. The van der Waals surface area contributed by atoms with E-state index in [9.17, 15) is 14.7 Å². The number of aromatic amines is 1. The zero-order valence-corrected chi connectivity index (χ0v) is 11.3. The Kier molecular flexibility index (Phi) is 3.96. The van der Waals surface area contributed by atoms with Gasteiger partial charge in [0.05, 0.1) is 16.6 Å². The Balaban J connectivity index is 2.27. The molecule has 2 rings (SSSR count). The molecule has 2 atom stereocenters. The second kappa shape index (κ2) is 5.52. The van der Waals surface area contributed by atoms with Crippen molar-refractivity contribution < 1.29 is 19.8 Å². The Morgan fingerprint density at radius 2 is 2.10 bits per heavy atom. The minimum absolute atomic E-state index is 0.181. The third-order valence-electron chi connectivity index (χ3n) is 2.89. The van der Waals surface area contributed by atoms with Crippen LogP contribution in [0.2, 0.25) is 5.02 Å². The number of para-hydroxylation sites is 1. The van der Waals surface area contributed by atoms with Crippen molar-refractivity contribution in [3.05, 3.63) is 35.0 Å². The number of aliphatic carboxylic acids is 1. The van der Waals surface area contributed by atoms with E-state index in [1.54, 1.807) is 24.3 Å². The predicted molar refractivity (Wildman–Crippen MR) is 73.9 cm³/mol. The Morgan fingerprint density at radius 1 is 1.40 bits per heavy atom. The van der Waals surface area contributed by atoms with Crippen molar-refractivity contribution >= 4 is 34.4 Å². The van der Waals surface area contributed by atoms with Gasteiger partial charge >= 0.3 is 5.97 Å². The van der Waals surface area contributed by atoms with Gasteiger partial charge in [0.25, 0.3) is 5.91 Å². The van der Waals surface area contributed by atoms with Crippen molar-refractivity contribution in [2.45, 2.75) is 19.1 Å². The van der Waals surface area contributed by atoms with Gasteiger partial charge in [-0.3, -0.25) is 4.79 Å². The highest BCUT2D eigenvalue weighted by Gasteiger charge is 2.26. The van der Waals surface area contributed by atoms with Crippen LogP contribution in [0, 0.1) is 0 Å². The number of aliphatic hydroxyl groups is 1. The summed E-state index contributed by atoms with van der Waals surface area (Å²) in [5, 5.41) is 21.7. The second-order valence-electron chi connectivity index (χ2n) is 4.42. The van der Waals surface area contributed by atoms with Crippen LogP contribution in [-0.2, 0) is 4.79 Å². The number of aliphatic hydroxyl groups excluding tert-OH is 1. The molecule has 0 spiro atoms. The first-order valence-electron chi connectivity index (χ1n) is 5.89. The van der Waals surface area contributed by atoms with Gasteiger partial charge in [0, 0.05) is 5.39 Å². The minimum Gasteiger partial charge on any atom is -0.480 e. The molecule has 4 N–H and O–H groups in total. The summed E-state index contributed by atoms with van der Waals surface area (Å²) < 4.78 is 0. The number of nitrogens with one attached hydrogen (secondary N) is 2. The second-order valence-corrected chi connectivity index (χ2v) is 4.82. The number of carbonyl (C=O) groups excluding carboxylic acids is 1. The number of halogens is 1. The quantitative estimate of drug-likeness (QED) is 0.684. The number of hydrogen-bond acceptors (Lipinski definition) is 3. The summed E-state index contributed by atoms with van der Waals surface area (Å²) in [4.78, 5) is 25.7. The lowest BCUT2D eigenvalue weighted by molar-refractivity contribution is -0.141. The first-order valence-corrected chi connectivity index (χ1v) is 6.27. The lowest BCUT2D eigenvalue weighted by Crippen LogP contribution is -2.47. The molecule has 0 bridgehead atoms. The molecule has 106 valence electrons. The molecule has 6 nitrogen and oxygen atoms in total. The molecule has 0 aliphatic carbocycles. The Hall–Kier alpha value is -2.05. The lowest BCUT2D eigenvalue weighted by atomic mass is 10.2. The van der Waals surface area contributed by atoms with Gasteiger partial charge in [-0.15, -0.1) is 0 Å². The van der Waals surface area contributed by atoms with Gasteiger partial charge < -0.3 is 20.5 Å². The number of H-pyrrole nitrogens is 1. The maximum Gasteiger partial charge on any atom is 0.328 e. The molecule has 0 saturated heterocycles. The van der Waals surface area contributed by atoms with Crippen molar-refractivity contribution in [2.75, 3.05) is 0 Å². The van der Waals surface area contributed by atoms with Crippen LogP contribution in [0.4, 0.5) is 0 Å². The van der Waals surface area contributed by atoms with Gasteiger partial charge in [-0.1, -0.05) is 23.7 Å². The molecule has 1 amide bonds. The van der Waals surface area contributed by atoms with Crippen molar-refractivity contribution in [1.29, 1.82) is 0 Å². The van der Waals surface area contributed by atoms with Gasteiger partial charge in [0.1, 0.15) is 5.69 Å². The van der Waals surface area contributed by atoms with Crippen LogP contribution < -0.4 is 5.32 Å². The zero-order chi connectivity index (χ0) is 14.9. The van der Waals surface area contributed by atoms with E-state index in [4.69, 9.17) is 16.7 Å². The van der Waals surface area contributed by atoms with Gasteiger partial charge in [-0.25, -0.2) is 4.79 Å². The number of rotatable bonds is 4. The standard InChI is InChI=1S/C13H13ClN2O4/c1-6(17)10(13(19)20)16-12(18)9-5-7-3-2-4-8(14)11(7)15-9/h2-6,10,15,17H,1H3,(H,16,18)(H,19,20). The number of carboxylic acids is 1. The summed E-state index contributed by atoms with van der Waals surface area (Å²) >= 11 is 5.98. The smallest absolute Gasteiger partial charge is 0.328 e. The van der Waals surface area contributed by atoms with Crippen LogP contribution in [-0.4, -0.2) is 39.2 Å². The Morgan fingerprint density at radius 3 is 2.65 bits per heavy atom. The zero-order valence-electron chi connectivity index (χ0n) is 10.6. The number of hydrogen-bond donors (Lipinski definition) is 4. The highest BCUT2D eigenvalue weighted by molar-refractivity contribution is 6.35. The van der Waals surface area contributed by atoms with Crippen molar-refractivity contribution in [1.82, 2.24) is 10.3 Å². The largest absolute Gasteiger partial charge is 0.480 e. The SMILES string of the molecule is CC(O)C(NC(=O)c1cc2cccc(Cl)c2[nH]1)C(=O)O.